The van der Waals surface area contributed by atoms with Gasteiger partial charge >= 0.3 is 0 Å². The van der Waals surface area contributed by atoms with Crippen molar-refractivity contribution in [1.29, 1.82) is 0 Å². The summed E-state index contributed by atoms with van der Waals surface area (Å²) in [6.45, 7) is 6.97. The molecule has 1 heterocycles. The predicted octanol–water partition coefficient (Wildman–Crippen LogP) is 2.42. The Morgan fingerprint density at radius 3 is 2.68 bits per heavy atom. The maximum absolute atomic E-state index is 12.5. The van der Waals surface area contributed by atoms with Crippen molar-refractivity contribution >= 4 is 21.4 Å². The summed E-state index contributed by atoms with van der Waals surface area (Å²) in [5.41, 5.74) is 1.07. The van der Waals surface area contributed by atoms with E-state index < -0.39 is 10.0 Å². The van der Waals surface area contributed by atoms with Gasteiger partial charge in [-0.1, -0.05) is 6.92 Å². The van der Waals surface area contributed by atoms with Crippen molar-refractivity contribution in [3.8, 4) is 0 Å². The lowest BCUT2D eigenvalue weighted by atomic mass is 10.3. The second-order valence-electron chi connectivity index (χ2n) is 5.23. The van der Waals surface area contributed by atoms with E-state index in [0.717, 1.165) is 12.1 Å². The maximum Gasteiger partial charge on any atom is 0.252 e. The highest BCUT2D eigenvalue weighted by Crippen LogP contribution is 2.26. The van der Waals surface area contributed by atoms with Crippen molar-refractivity contribution in [2.24, 2.45) is 0 Å². The molecule has 1 aliphatic rings. The molecule has 6 heteroatoms. The molecule has 4 nitrogen and oxygen atoms in total. The Morgan fingerprint density at radius 2 is 2.16 bits per heavy atom. The molecule has 1 fully saturated rings. The van der Waals surface area contributed by atoms with E-state index in [9.17, 15) is 8.42 Å². The van der Waals surface area contributed by atoms with Gasteiger partial charge < -0.3 is 5.32 Å². The van der Waals surface area contributed by atoms with Crippen LogP contribution in [-0.4, -0.2) is 31.4 Å². The predicted molar refractivity (Wildman–Crippen MR) is 78.9 cm³/mol. The molecular weight excluding hydrogens is 280 g/mol. The fraction of sp³-hybridized carbons (Fsp3) is 0.692. The van der Waals surface area contributed by atoms with Crippen LogP contribution in [0, 0.1) is 0 Å². The average molecular weight is 302 g/mol. The number of hydrogen-bond acceptors (Lipinski definition) is 4. The van der Waals surface area contributed by atoms with Gasteiger partial charge in [0.2, 0.25) is 0 Å². The molecule has 2 rings (SSSR count). The Labute approximate surface area is 119 Å². The topological polar surface area (TPSA) is 49.4 Å². The summed E-state index contributed by atoms with van der Waals surface area (Å²) in [6, 6.07) is 2.44. The van der Waals surface area contributed by atoms with Crippen LogP contribution in [0.1, 0.15) is 39.2 Å². The molecule has 0 saturated heterocycles. The standard InChI is InChI=1S/C13H22N2O2S2/c1-4-15(10(2)3)19(16,17)13-7-11(9-18-13)8-14-12-5-6-12/h7,9-10,12,14H,4-6,8H2,1-3H3. The molecule has 0 radical (unpaired) electrons. The van der Waals surface area contributed by atoms with E-state index in [1.165, 1.54) is 28.5 Å². The van der Waals surface area contributed by atoms with Crippen LogP contribution >= 0.6 is 11.3 Å². The normalized spacial score (nSPS) is 16.5. The summed E-state index contributed by atoms with van der Waals surface area (Å²) in [7, 11) is -3.33. The molecule has 19 heavy (non-hydrogen) atoms. The first-order valence-corrected chi connectivity index (χ1v) is 9.09. The Hall–Kier alpha value is -0.430. The van der Waals surface area contributed by atoms with E-state index in [-0.39, 0.29) is 6.04 Å². The highest BCUT2D eigenvalue weighted by molar-refractivity contribution is 7.91. The van der Waals surface area contributed by atoms with Crippen LogP contribution in [0.15, 0.2) is 15.7 Å². The number of sulfonamides is 1. The minimum atomic E-state index is -3.33. The number of hydrogen-bond donors (Lipinski definition) is 1. The third-order valence-corrected chi connectivity index (χ3v) is 6.87. The van der Waals surface area contributed by atoms with Gasteiger partial charge in [-0.2, -0.15) is 4.31 Å². The molecule has 0 spiro atoms. The minimum Gasteiger partial charge on any atom is -0.310 e. The first kappa shape index (κ1) is 15.0. The molecule has 1 aromatic heterocycles. The maximum atomic E-state index is 12.5. The lowest BCUT2D eigenvalue weighted by molar-refractivity contribution is 0.370. The molecule has 0 aromatic carbocycles. The van der Waals surface area contributed by atoms with Crippen LogP contribution in [0.4, 0.5) is 0 Å². The summed E-state index contributed by atoms with van der Waals surface area (Å²) in [4.78, 5) is 0. The van der Waals surface area contributed by atoms with Crippen molar-refractivity contribution < 1.29 is 8.42 Å². The average Bonchev–Trinajstić information content (AvgIpc) is 3.03. The SMILES string of the molecule is CCN(C(C)C)S(=O)(=O)c1cc(CNC2CC2)cs1. The Bertz CT molecular complexity index is 519. The molecule has 108 valence electrons. The van der Waals surface area contributed by atoms with E-state index in [2.05, 4.69) is 5.32 Å². The van der Waals surface area contributed by atoms with Crippen LogP contribution in [0.3, 0.4) is 0 Å². The van der Waals surface area contributed by atoms with Crippen molar-refractivity contribution in [2.45, 2.75) is 56.5 Å². The van der Waals surface area contributed by atoms with E-state index in [1.54, 1.807) is 6.07 Å². The number of nitrogens with zero attached hydrogens (tertiary/aromatic N) is 1. The summed E-state index contributed by atoms with van der Waals surface area (Å²) in [5, 5.41) is 5.34. The van der Waals surface area contributed by atoms with Crippen molar-refractivity contribution in [3.63, 3.8) is 0 Å². The zero-order valence-electron chi connectivity index (χ0n) is 11.7. The van der Waals surface area contributed by atoms with Crippen molar-refractivity contribution in [2.75, 3.05) is 6.54 Å². The molecular formula is C13H22N2O2S2. The Kier molecular flexibility index (Phi) is 4.66. The number of rotatable bonds is 7. The van der Waals surface area contributed by atoms with Gasteiger partial charge in [-0.3, -0.25) is 0 Å². The second kappa shape index (κ2) is 5.91. The van der Waals surface area contributed by atoms with E-state index >= 15 is 0 Å². The van der Waals surface area contributed by atoms with Crippen LogP contribution in [0.25, 0.3) is 0 Å². The fourth-order valence-corrected chi connectivity index (χ4v) is 5.04. The van der Waals surface area contributed by atoms with Crippen LogP contribution in [0.5, 0.6) is 0 Å². The van der Waals surface area contributed by atoms with Crippen LogP contribution < -0.4 is 5.32 Å². The second-order valence-corrected chi connectivity index (χ2v) is 8.26. The van der Waals surface area contributed by atoms with Crippen LogP contribution in [0.2, 0.25) is 0 Å². The Morgan fingerprint density at radius 1 is 1.47 bits per heavy atom. The quantitative estimate of drug-likeness (QED) is 0.841. The van der Waals surface area contributed by atoms with Crippen LogP contribution in [-0.2, 0) is 16.6 Å². The summed E-state index contributed by atoms with van der Waals surface area (Å²) >= 11 is 1.32. The molecule has 0 bridgehead atoms. The summed E-state index contributed by atoms with van der Waals surface area (Å²) in [6.07, 6.45) is 2.48. The monoisotopic (exact) mass is 302 g/mol. The zero-order chi connectivity index (χ0) is 14.0. The van der Waals surface area contributed by atoms with Gasteiger partial charge in [0.1, 0.15) is 4.21 Å². The van der Waals surface area contributed by atoms with Gasteiger partial charge in [-0.15, -0.1) is 11.3 Å². The van der Waals surface area contributed by atoms with Gasteiger partial charge in [0, 0.05) is 25.2 Å². The molecule has 1 saturated carbocycles. The summed E-state index contributed by atoms with van der Waals surface area (Å²) < 4.78 is 27.0. The molecule has 1 aliphatic carbocycles. The molecule has 1 aromatic rings. The largest absolute Gasteiger partial charge is 0.310 e. The van der Waals surface area contributed by atoms with E-state index in [0.29, 0.717) is 16.8 Å². The molecule has 0 unspecified atom stereocenters. The summed E-state index contributed by atoms with van der Waals surface area (Å²) in [5.74, 6) is 0. The molecule has 0 aliphatic heterocycles. The van der Waals surface area contributed by atoms with E-state index in [4.69, 9.17) is 0 Å². The number of nitrogens with one attached hydrogen (secondary N) is 1. The van der Waals surface area contributed by atoms with Gasteiger partial charge in [-0.05, 0) is 43.7 Å². The highest BCUT2D eigenvalue weighted by atomic mass is 32.2. The molecule has 1 N–H and O–H groups in total. The fourth-order valence-electron chi connectivity index (χ4n) is 2.06. The van der Waals surface area contributed by atoms with Gasteiger partial charge in [0.05, 0.1) is 0 Å². The smallest absolute Gasteiger partial charge is 0.252 e. The highest BCUT2D eigenvalue weighted by Gasteiger charge is 2.27. The van der Waals surface area contributed by atoms with E-state index in [1.807, 2.05) is 26.2 Å². The zero-order valence-corrected chi connectivity index (χ0v) is 13.4. The molecule has 0 amide bonds. The lowest BCUT2D eigenvalue weighted by Gasteiger charge is -2.23. The first-order chi connectivity index (χ1) is 8.95. The van der Waals surface area contributed by atoms with Gasteiger partial charge in [-0.25, -0.2) is 8.42 Å². The minimum absolute atomic E-state index is 0.00913. The lowest BCUT2D eigenvalue weighted by Crippen LogP contribution is -2.36. The third kappa shape index (κ3) is 3.56. The third-order valence-electron chi connectivity index (χ3n) is 3.25. The first-order valence-electron chi connectivity index (χ1n) is 6.77. The molecule has 0 atom stereocenters. The van der Waals surface area contributed by atoms with Gasteiger partial charge in [0.15, 0.2) is 0 Å². The Balaban J connectivity index is 2.10. The number of thiophene rings is 1. The van der Waals surface area contributed by atoms with Gasteiger partial charge in [0.25, 0.3) is 10.0 Å². The van der Waals surface area contributed by atoms with Crippen molar-refractivity contribution in [1.82, 2.24) is 9.62 Å². The van der Waals surface area contributed by atoms with Crippen molar-refractivity contribution in [3.05, 3.63) is 17.0 Å².